The topological polar surface area (TPSA) is 66.5 Å². The molecule has 3 saturated carbocycles. The van der Waals surface area contributed by atoms with Gasteiger partial charge in [-0.25, -0.2) is 8.42 Å². The molecule has 172 valence electrons. The van der Waals surface area contributed by atoms with E-state index in [1.807, 2.05) is 6.92 Å². The van der Waals surface area contributed by atoms with E-state index in [0.717, 1.165) is 32.1 Å². The van der Waals surface area contributed by atoms with Gasteiger partial charge in [-0.2, -0.15) is 4.31 Å². The SMILES string of the molecule is Cc1ccc(NC(=O)C23CCC(C(Br)Br)(C2Br)C3(C)C)cc1S(=O)(=O)N1CCCCC1. The summed E-state index contributed by atoms with van der Waals surface area (Å²) in [6.45, 7) is 7.25. The van der Waals surface area contributed by atoms with E-state index < -0.39 is 15.4 Å². The van der Waals surface area contributed by atoms with E-state index >= 15 is 0 Å². The molecule has 4 aliphatic rings. The molecule has 3 unspecified atom stereocenters. The Morgan fingerprint density at radius 2 is 1.81 bits per heavy atom. The summed E-state index contributed by atoms with van der Waals surface area (Å²) in [6.07, 6.45) is 4.58. The van der Waals surface area contributed by atoms with Gasteiger partial charge in [0.1, 0.15) is 0 Å². The number of nitrogens with one attached hydrogen (secondary N) is 1. The van der Waals surface area contributed by atoms with E-state index in [1.54, 1.807) is 22.5 Å². The lowest BCUT2D eigenvalue weighted by atomic mass is 9.43. The summed E-state index contributed by atoms with van der Waals surface area (Å²) in [6, 6.07) is 5.21. The third-order valence-corrected chi connectivity index (χ3v) is 13.5. The van der Waals surface area contributed by atoms with Crippen molar-refractivity contribution >= 4 is 69.4 Å². The molecule has 5 nitrogen and oxygen atoms in total. The number of alkyl halides is 3. The first-order valence-corrected chi connectivity index (χ1v) is 15.0. The summed E-state index contributed by atoms with van der Waals surface area (Å²) in [7, 11) is -3.57. The molecule has 1 N–H and O–H groups in total. The van der Waals surface area contributed by atoms with Crippen molar-refractivity contribution in [3.63, 3.8) is 0 Å². The number of hydrogen-bond acceptors (Lipinski definition) is 3. The molecule has 9 heteroatoms. The molecule has 3 aliphatic carbocycles. The zero-order valence-corrected chi connectivity index (χ0v) is 23.6. The first-order valence-electron chi connectivity index (χ1n) is 10.8. The molecule has 1 amide bonds. The largest absolute Gasteiger partial charge is 0.326 e. The van der Waals surface area contributed by atoms with Crippen molar-refractivity contribution in [2.45, 2.75) is 66.3 Å². The maximum absolute atomic E-state index is 13.6. The van der Waals surface area contributed by atoms with Gasteiger partial charge in [0.05, 0.1) is 14.0 Å². The van der Waals surface area contributed by atoms with Crippen LogP contribution in [-0.4, -0.2) is 40.3 Å². The summed E-state index contributed by atoms with van der Waals surface area (Å²) in [5.41, 5.74) is 0.424. The number of carbonyl (C=O) groups excluding carboxylic acids is 1. The Morgan fingerprint density at radius 1 is 1.16 bits per heavy atom. The average molecular weight is 641 g/mol. The fraction of sp³-hybridized carbons (Fsp3) is 0.682. The van der Waals surface area contributed by atoms with Crippen molar-refractivity contribution in [3.8, 4) is 0 Å². The second kappa shape index (κ2) is 8.07. The van der Waals surface area contributed by atoms with Gasteiger partial charge in [0.2, 0.25) is 15.9 Å². The highest BCUT2D eigenvalue weighted by molar-refractivity contribution is 9.24. The predicted molar refractivity (Wildman–Crippen MR) is 135 cm³/mol. The Bertz CT molecular complexity index is 1010. The normalized spacial score (nSPS) is 32.7. The minimum absolute atomic E-state index is 0.0354. The fourth-order valence-corrected chi connectivity index (χ4v) is 12.8. The summed E-state index contributed by atoms with van der Waals surface area (Å²) in [5, 5.41) is 3.06. The number of aryl methyl sites for hydroxylation is 1. The number of halogens is 3. The molecular formula is C22H29Br3N2O3S. The molecule has 4 fully saturated rings. The van der Waals surface area contributed by atoms with Crippen LogP contribution in [0.4, 0.5) is 5.69 Å². The minimum Gasteiger partial charge on any atom is -0.326 e. The van der Waals surface area contributed by atoms with Gasteiger partial charge in [-0.3, -0.25) is 4.79 Å². The molecule has 0 aromatic heterocycles. The summed E-state index contributed by atoms with van der Waals surface area (Å²) in [4.78, 5) is 13.9. The average Bonchev–Trinajstić information content (AvgIpc) is 3.20. The van der Waals surface area contributed by atoms with E-state index in [0.29, 0.717) is 24.3 Å². The quantitative estimate of drug-likeness (QED) is 0.414. The van der Waals surface area contributed by atoms with Crippen molar-refractivity contribution in [2.75, 3.05) is 18.4 Å². The molecule has 1 heterocycles. The molecular weight excluding hydrogens is 612 g/mol. The van der Waals surface area contributed by atoms with Gasteiger partial charge in [-0.05, 0) is 55.7 Å². The van der Waals surface area contributed by atoms with Crippen LogP contribution in [0.5, 0.6) is 0 Å². The first-order chi connectivity index (χ1) is 14.4. The molecule has 2 bridgehead atoms. The van der Waals surface area contributed by atoms with Crippen LogP contribution in [0, 0.1) is 23.2 Å². The van der Waals surface area contributed by atoms with Crippen LogP contribution in [0.15, 0.2) is 23.1 Å². The molecule has 3 atom stereocenters. The van der Waals surface area contributed by atoms with E-state index in [2.05, 4.69) is 67.0 Å². The van der Waals surface area contributed by atoms with Gasteiger partial charge in [0.25, 0.3) is 0 Å². The number of fused-ring (bicyclic) bond motifs is 1. The van der Waals surface area contributed by atoms with E-state index in [1.165, 1.54) is 0 Å². The van der Waals surface area contributed by atoms with Crippen LogP contribution in [-0.2, 0) is 14.8 Å². The minimum atomic E-state index is -3.57. The Balaban J connectivity index is 1.62. The van der Waals surface area contributed by atoms with Crippen molar-refractivity contribution in [2.24, 2.45) is 16.2 Å². The lowest BCUT2D eigenvalue weighted by molar-refractivity contribution is -0.155. The zero-order valence-electron chi connectivity index (χ0n) is 18.1. The smallest absolute Gasteiger partial charge is 0.243 e. The Morgan fingerprint density at radius 3 is 2.35 bits per heavy atom. The van der Waals surface area contributed by atoms with Gasteiger partial charge in [0, 0.05) is 29.0 Å². The number of amides is 1. The van der Waals surface area contributed by atoms with Gasteiger partial charge >= 0.3 is 0 Å². The summed E-state index contributed by atoms with van der Waals surface area (Å²) < 4.78 is 28.2. The van der Waals surface area contributed by atoms with E-state index in [4.69, 9.17) is 0 Å². The Hall–Kier alpha value is 0.0400. The maximum Gasteiger partial charge on any atom is 0.243 e. The fourth-order valence-electron chi connectivity index (χ4n) is 6.14. The number of hydrogen-bond donors (Lipinski definition) is 1. The molecule has 1 saturated heterocycles. The number of benzene rings is 1. The van der Waals surface area contributed by atoms with Crippen LogP contribution in [0.25, 0.3) is 0 Å². The third kappa shape index (κ3) is 3.19. The lowest BCUT2D eigenvalue weighted by Gasteiger charge is -2.66. The predicted octanol–water partition coefficient (Wildman–Crippen LogP) is 5.79. The van der Waals surface area contributed by atoms with E-state index in [9.17, 15) is 13.2 Å². The van der Waals surface area contributed by atoms with Crippen molar-refractivity contribution in [3.05, 3.63) is 23.8 Å². The zero-order chi connectivity index (χ0) is 22.8. The first kappa shape index (κ1) is 24.2. The summed E-state index contributed by atoms with van der Waals surface area (Å²) in [5.74, 6) is -0.0432. The molecule has 0 radical (unpaired) electrons. The van der Waals surface area contributed by atoms with Gasteiger partial charge in [-0.1, -0.05) is 74.1 Å². The maximum atomic E-state index is 13.6. The van der Waals surface area contributed by atoms with Crippen LogP contribution in [0.2, 0.25) is 0 Å². The lowest BCUT2D eigenvalue weighted by Crippen LogP contribution is -2.71. The van der Waals surface area contributed by atoms with Crippen LogP contribution in [0.3, 0.4) is 0 Å². The van der Waals surface area contributed by atoms with Crippen LogP contribution < -0.4 is 5.32 Å². The standard InChI is InChI=1S/C22H29Br3N2O3S/c1-14-7-8-15(13-16(14)31(29,30)27-11-5-4-6-12-27)26-19(28)22-10-9-21(17(22)23,18(24)25)20(22,2)3/h7-8,13,17-18H,4-6,9-12H2,1-3H3,(H,26,28). The molecule has 31 heavy (non-hydrogen) atoms. The monoisotopic (exact) mass is 638 g/mol. The Labute approximate surface area is 210 Å². The number of rotatable bonds is 5. The van der Waals surface area contributed by atoms with Crippen molar-refractivity contribution in [1.82, 2.24) is 4.31 Å². The molecule has 1 aromatic rings. The molecule has 1 aliphatic heterocycles. The molecule has 5 rings (SSSR count). The number of carbonyl (C=O) groups is 1. The number of piperidine rings is 1. The van der Waals surface area contributed by atoms with Crippen LogP contribution >= 0.6 is 47.8 Å². The highest BCUT2D eigenvalue weighted by atomic mass is 79.9. The van der Waals surface area contributed by atoms with Crippen molar-refractivity contribution < 1.29 is 13.2 Å². The number of nitrogens with zero attached hydrogens (tertiary/aromatic N) is 1. The third-order valence-electron chi connectivity index (χ3n) is 8.27. The van der Waals surface area contributed by atoms with E-state index in [-0.39, 0.29) is 30.2 Å². The Kier molecular flexibility index (Phi) is 6.29. The van der Waals surface area contributed by atoms with Gasteiger partial charge < -0.3 is 5.32 Å². The highest BCUT2D eigenvalue weighted by Gasteiger charge is 2.83. The molecule has 0 spiro atoms. The second-order valence-corrected chi connectivity index (χ2v) is 15.6. The van der Waals surface area contributed by atoms with Crippen LogP contribution in [0.1, 0.15) is 51.5 Å². The van der Waals surface area contributed by atoms with Crippen molar-refractivity contribution in [1.29, 1.82) is 0 Å². The van der Waals surface area contributed by atoms with Gasteiger partial charge in [-0.15, -0.1) is 0 Å². The van der Waals surface area contributed by atoms with Gasteiger partial charge in [0.15, 0.2) is 0 Å². The number of sulfonamides is 1. The highest BCUT2D eigenvalue weighted by Crippen LogP contribution is 2.82. The molecule has 1 aromatic carbocycles. The number of anilines is 1. The summed E-state index contributed by atoms with van der Waals surface area (Å²) >= 11 is 11.3. The second-order valence-electron chi connectivity index (χ2n) is 9.70.